The summed E-state index contributed by atoms with van der Waals surface area (Å²) in [7, 11) is -1.56. The van der Waals surface area contributed by atoms with E-state index < -0.39 is 22.4 Å². The van der Waals surface area contributed by atoms with Crippen LogP contribution in [0.1, 0.15) is 5.56 Å². The molecular weight excluding hydrogens is 256 g/mol. The molecule has 0 aromatic heterocycles. The van der Waals surface area contributed by atoms with Crippen molar-refractivity contribution in [3.63, 3.8) is 0 Å². The number of rotatable bonds is 3. The molecule has 0 bridgehead atoms. The predicted molar refractivity (Wildman–Crippen MR) is 67.3 cm³/mol. The molecule has 0 heterocycles. The summed E-state index contributed by atoms with van der Waals surface area (Å²) in [4.78, 5) is -0.00109. The number of nitrogens with two attached hydrogens (primary N) is 1. The van der Waals surface area contributed by atoms with Crippen LogP contribution in [0.25, 0.3) is 0 Å². The second-order valence-corrected chi connectivity index (χ2v) is 5.23. The zero-order chi connectivity index (χ0) is 13.1. The van der Waals surface area contributed by atoms with Crippen molar-refractivity contribution in [2.75, 3.05) is 5.73 Å². The third kappa shape index (κ3) is 2.92. The maximum atomic E-state index is 13.4. The first-order valence-electron chi connectivity index (χ1n) is 5.24. The minimum absolute atomic E-state index is 0.00109. The Bertz CT molecular complexity index is 601. The van der Waals surface area contributed by atoms with E-state index in [1.807, 2.05) is 0 Å². The summed E-state index contributed by atoms with van der Waals surface area (Å²) in [5, 5.41) is 0. The molecule has 2 N–H and O–H groups in total. The first kappa shape index (κ1) is 12.7. The van der Waals surface area contributed by atoms with Crippen molar-refractivity contribution in [3.8, 4) is 0 Å². The summed E-state index contributed by atoms with van der Waals surface area (Å²) in [6.45, 7) is 0. The van der Waals surface area contributed by atoms with Crippen LogP contribution in [0.15, 0.2) is 47.4 Å². The van der Waals surface area contributed by atoms with E-state index in [2.05, 4.69) is 0 Å². The van der Waals surface area contributed by atoms with Gasteiger partial charge in [-0.05, 0) is 29.8 Å². The molecule has 2 rings (SSSR count). The average Bonchev–Trinajstić information content (AvgIpc) is 2.28. The SMILES string of the molecule is Nc1cccc(CS(=O)c2ccc(F)cc2F)c1. The normalized spacial score (nSPS) is 12.3. The summed E-state index contributed by atoms with van der Waals surface area (Å²) < 4.78 is 38.1. The Morgan fingerprint density at radius 3 is 2.56 bits per heavy atom. The van der Waals surface area contributed by atoms with E-state index in [4.69, 9.17) is 5.73 Å². The van der Waals surface area contributed by atoms with Crippen LogP contribution >= 0.6 is 0 Å². The van der Waals surface area contributed by atoms with E-state index in [0.717, 1.165) is 17.7 Å². The minimum Gasteiger partial charge on any atom is -0.399 e. The average molecular weight is 267 g/mol. The van der Waals surface area contributed by atoms with Crippen LogP contribution in [0.5, 0.6) is 0 Å². The van der Waals surface area contributed by atoms with Gasteiger partial charge in [0.2, 0.25) is 0 Å². The molecule has 0 saturated carbocycles. The van der Waals surface area contributed by atoms with Gasteiger partial charge < -0.3 is 5.73 Å². The summed E-state index contributed by atoms with van der Waals surface area (Å²) in [6, 6.07) is 9.91. The van der Waals surface area contributed by atoms with Crippen molar-refractivity contribution in [1.82, 2.24) is 0 Å². The number of halogens is 2. The van der Waals surface area contributed by atoms with Crippen molar-refractivity contribution in [2.45, 2.75) is 10.6 Å². The monoisotopic (exact) mass is 267 g/mol. The first-order valence-corrected chi connectivity index (χ1v) is 6.56. The van der Waals surface area contributed by atoms with Crippen LogP contribution < -0.4 is 5.73 Å². The van der Waals surface area contributed by atoms with Crippen LogP contribution in [0.4, 0.5) is 14.5 Å². The van der Waals surface area contributed by atoms with Crippen molar-refractivity contribution in [1.29, 1.82) is 0 Å². The summed E-state index contributed by atoms with van der Waals surface area (Å²) >= 11 is 0. The minimum atomic E-state index is -1.56. The summed E-state index contributed by atoms with van der Waals surface area (Å²) in [6.07, 6.45) is 0. The topological polar surface area (TPSA) is 43.1 Å². The summed E-state index contributed by atoms with van der Waals surface area (Å²) in [5.41, 5.74) is 6.91. The van der Waals surface area contributed by atoms with Gasteiger partial charge in [0.25, 0.3) is 0 Å². The van der Waals surface area contributed by atoms with E-state index in [1.54, 1.807) is 24.3 Å². The predicted octanol–water partition coefficient (Wildman–Crippen LogP) is 2.85. The highest BCUT2D eigenvalue weighted by Gasteiger charge is 2.11. The van der Waals surface area contributed by atoms with Gasteiger partial charge in [-0.1, -0.05) is 12.1 Å². The van der Waals surface area contributed by atoms with Gasteiger partial charge in [-0.25, -0.2) is 8.78 Å². The molecule has 0 aliphatic heterocycles. The molecule has 0 fully saturated rings. The number of benzene rings is 2. The van der Waals surface area contributed by atoms with Crippen LogP contribution in [0.2, 0.25) is 0 Å². The molecule has 0 amide bonds. The number of nitrogen functional groups attached to an aromatic ring is 1. The van der Waals surface area contributed by atoms with Crippen molar-refractivity contribution in [2.24, 2.45) is 0 Å². The maximum Gasteiger partial charge on any atom is 0.142 e. The van der Waals surface area contributed by atoms with Gasteiger partial charge in [-0.2, -0.15) is 0 Å². The Hall–Kier alpha value is -1.75. The largest absolute Gasteiger partial charge is 0.399 e. The Labute approximate surface area is 106 Å². The number of anilines is 1. The van der Waals surface area contributed by atoms with Gasteiger partial charge in [0.15, 0.2) is 0 Å². The van der Waals surface area contributed by atoms with Crippen molar-refractivity contribution >= 4 is 16.5 Å². The van der Waals surface area contributed by atoms with E-state index in [1.165, 1.54) is 6.07 Å². The Morgan fingerprint density at radius 1 is 1.11 bits per heavy atom. The lowest BCUT2D eigenvalue weighted by atomic mass is 10.2. The highest BCUT2D eigenvalue weighted by atomic mass is 32.2. The lowest BCUT2D eigenvalue weighted by Gasteiger charge is -2.05. The Morgan fingerprint density at radius 2 is 1.89 bits per heavy atom. The Kier molecular flexibility index (Phi) is 3.72. The fraction of sp³-hybridized carbons (Fsp3) is 0.0769. The number of hydrogen-bond donors (Lipinski definition) is 1. The molecule has 0 aliphatic carbocycles. The van der Waals surface area contributed by atoms with Gasteiger partial charge in [0.1, 0.15) is 11.6 Å². The van der Waals surface area contributed by atoms with Gasteiger partial charge in [-0.3, -0.25) is 4.21 Å². The van der Waals surface area contributed by atoms with Crippen molar-refractivity contribution < 1.29 is 13.0 Å². The molecule has 1 unspecified atom stereocenters. The molecule has 0 radical (unpaired) electrons. The van der Waals surface area contributed by atoms with E-state index >= 15 is 0 Å². The molecule has 94 valence electrons. The van der Waals surface area contributed by atoms with Gasteiger partial charge >= 0.3 is 0 Å². The highest BCUT2D eigenvalue weighted by Crippen LogP contribution is 2.18. The summed E-state index contributed by atoms with van der Waals surface area (Å²) in [5.74, 6) is -1.33. The van der Waals surface area contributed by atoms with Crippen LogP contribution in [-0.4, -0.2) is 4.21 Å². The molecule has 18 heavy (non-hydrogen) atoms. The first-order chi connectivity index (χ1) is 8.56. The second kappa shape index (κ2) is 5.27. The molecular formula is C13H11F2NOS. The zero-order valence-corrected chi connectivity index (χ0v) is 10.2. The fourth-order valence-corrected chi connectivity index (χ4v) is 2.71. The molecule has 1 atom stereocenters. The standard InChI is InChI=1S/C13H11F2NOS/c14-10-4-5-13(12(15)7-10)18(17)8-9-2-1-3-11(16)6-9/h1-7H,8,16H2. The molecule has 2 aromatic rings. The van der Waals surface area contributed by atoms with E-state index in [0.29, 0.717) is 5.69 Å². The van der Waals surface area contributed by atoms with Gasteiger partial charge in [0.05, 0.1) is 21.4 Å². The van der Waals surface area contributed by atoms with E-state index in [-0.39, 0.29) is 10.6 Å². The van der Waals surface area contributed by atoms with Crippen LogP contribution in [0.3, 0.4) is 0 Å². The lowest BCUT2D eigenvalue weighted by molar-refractivity contribution is 0.562. The van der Waals surface area contributed by atoms with Gasteiger partial charge in [-0.15, -0.1) is 0 Å². The number of hydrogen-bond acceptors (Lipinski definition) is 2. The molecule has 2 aromatic carbocycles. The second-order valence-electron chi connectivity index (χ2n) is 3.81. The quantitative estimate of drug-likeness (QED) is 0.869. The van der Waals surface area contributed by atoms with Crippen LogP contribution in [0, 0.1) is 11.6 Å². The van der Waals surface area contributed by atoms with E-state index in [9.17, 15) is 13.0 Å². The van der Waals surface area contributed by atoms with Crippen molar-refractivity contribution in [3.05, 3.63) is 59.7 Å². The molecule has 0 aliphatic rings. The molecule has 0 saturated heterocycles. The third-order valence-corrected chi connectivity index (χ3v) is 3.81. The van der Waals surface area contributed by atoms with Gasteiger partial charge in [0, 0.05) is 11.8 Å². The molecule has 5 heteroatoms. The highest BCUT2D eigenvalue weighted by molar-refractivity contribution is 7.84. The Balaban J connectivity index is 2.22. The zero-order valence-electron chi connectivity index (χ0n) is 9.40. The third-order valence-electron chi connectivity index (χ3n) is 2.39. The fourth-order valence-electron chi connectivity index (χ4n) is 1.57. The molecule has 2 nitrogen and oxygen atoms in total. The van der Waals surface area contributed by atoms with Crippen LogP contribution in [-0.2, 0) is 16.6 Å². The lowest BCUT2D eigenvalue weighted by Crippen LogP contribution is -2.00. The maximum absolute atomic E-state index is 13.4. The molecule has 0 spiro atoms. The smallest absolute Gasteiger partial charge is 0.142 e.